The molecule has 0 amide bonds. The predicted molar refractivity (Wildman–Crippen MR) is 50.8 cm³/mol. The molecule has 1 aromatic carbocycles. The van der Waals surface area contributed by atoms with Crippen molar-refractivity contribution in [3.8, 4) is 0 Å². The second-order valence-corrected chi connectivity index (χ2v) is 2.95. The van der Waals surface area contributed by atoms with Gasteiger partial charge in [-0.2, -0.15) is 0 Å². The van der Waals surface area contributed by atoms with Crippen LogP contribution in [0.1, 0.15) is 5.56 Å². The monoisotopic (exact) mass is 216 g/mol. The number of hydrogen-bond donors (Lipinski definition) is 1. The average Bonchev–Trinajstić information content (AvgIpc) is 2.18. The molecule has 0 unspecified atom stereocenters. The van der Waals surface area contributed by atoms with Crippen molar-refractivity contribution < 1.29 is 13.7 Å². The molecule has 0 atom stereocenters. The molecular weight excluding hydrogens is 206 g/mol. The Morgan fingerprint density at radius 3 is 2.40 bits per heavy atom. The summed E-state index contributed by atoms with van der Waals surface area (Å²) >= 11 is 0. The first-order valence-electron chi connectivity index (χ1n) is 4.32. The lowest BCUT2D eigenvalue weighted by Crippen LogP contribution is -2.20. The molecule has 0 saturated carbocycles. The van der Waals surface area contributed by atoms with Gasteiger partial charge in [-0.1, -0.05) is 12.1 Å². The van der Waals surface area contributed by atoms with Crippen LogP contribution in [0.3, 0.4) is 0 Å². The largest absolute Gasteiger partial charge is 0.307 e. The second-order valence-electron chi connectivity index (χ2n) is 2.95. The van der Waals surface area contributed by atoms with Gasteiger partial charge in [-0.25, -0.2) is 8.78 Å². The number of halogens is 2. The van der Waals surface area contributed by atoms with E-state index >= 15 is 0 Å². The first kappa shape index (κ1) is 11.5. The van der Waals surface area contributed by atoms with Crippen LogP contribution in [-0.4, -0.2) is 17.9 Å². The fraction of sp³-hybridized carbons (Fsp3) is 0.333. The SMILES string of the molecule is O=[N+]([O-])c1ccc(CNCC(F)F)cc1. The topological polar surface area (TPSA) is 55.2 Å². The van der Waals surface area contributed by atoms with E-state index in [0.29, 0.717) is 0 Å². The Hall–Kier alpha value is -1.56. The van der Waals surface area contributed by atoms with Crippen molar-refractivity contribution in [3.63, 3.8) is 0 Å². The Balaban J connectivity index is 2.46. The van der Waals surface area contributed by atoms with Crippen molar-refractivity contribution in [2.45, 2.75) is 13.0 Å². The Morgan fingerprint density at radius 1 is 1.33 bits per heavy atom. The van der Waals surface area contributed by atoms with Crippen LogP contribution >= 0.6 is 0 Å². The van der Waals surface area contributed by atoms with Crippen molar-refractivity contribution in [3.05, 3.63) is 39.9 Å². The lowest BCUT2D eigenvalue weighted by molar-refractivity contribution is -0.384. The highest BCUT2D eigenvalue weighted by Gasteiger charge is 2.04. The van der Waals surface area contributed by atoms with Crippen molar-refractivity contribution in [2.75, 3.05) is 6.54 Å². The molecule has 1 aromatic rings. The minimum Gasteiger partial charge on any atom is -0.307 e. The van der Waals surface area contributed by atoms with Crippen LogP contribution < -0.4 is 5.32 Å². The van der Waals surface area contributed by atoms with E-state index in [2.05, 4.69) is 5.32 Å². The quantitative estimate of drug-likeness (QED) is 0.604. The molecule has 4 nitrogen and oxygen atoms in total. The molecule has 0 aromatic heterocycles. The smallest absolute Gasteiger partial charge is 0.269 e. The maximum atomic E-state index is 11.8. The van der Waals surface area contributed by atoms with Gasteiger partial charge >= 0.3 is 0 Å². The van der Waals surface area contributed by atoms with Gasteiger partial charge in [0, 0.05) is 18.7 Å². The Labute approximate surface area is 85.1 Å². The van der Waals surface area contributed by atoms with E-state index in [1.165, 1.54) is 24.3 Å². The van der Waals surface area contributed by atoms with E-state index in [1.807, 2.05) is 0 Å². The molecule has 82 valence electrons. The van der Waals surface area contributed by atoms with Crippen molar-refractivity contribution in [1.82, 2.24) is 5.32 Å². The third-order valence-electron chi connectivity index (χ3n) is 1.77. The molecule has 1 rings (SSSR count). The van der Waals surface area contributed by atoms with E-state index in [0.717, 1.165) is 5.56 Å². The Morgan fingerprint density at radius 2 is 1.93 bits per heavy atom. The van der Waals surface area contributed by atoms with Crippen LogP contribution in [0.2, 0.25) is 0 Å². The highest BCUT2D eigenvalue weighted by atomic mass is 19.3. The zero-order valence-electron chi connectivity index (χ0n) is 7.82. The first-order chi connectivity index (χ1) is 7.09. The van der Waals surface area contributed by atoms with Crippen LogP contribution in [0.4, 0.5) is 14.5 Å². The number of nitro groups is 1. The van der Waals surface area contributed by atoms with Gasteiger partial charge in [0.25, 0.3) is 12.1 Å². The maximum Gasteiger partial charge on any atom is 0.269 e. The summed E-state index contributed by atoms with van der Waals surface area (Å²) < 4.78 is 23.5. The van der Waals surface area contributed by atoms with Crippen molar-refractivity contribution in [2.24, 2.45) is 0 Å². The van der Waals surface area contributed by atoms with E-state index in [-0.39, 0.29) is 18.8 Å². The summed E-state index contributed by atoms with van der Waals surface area (Å²) in [6.45, 7) is -0.0979. The molecular formula is C9H10F2N2O2. The van der Waals surface area contributed by atoms with Gasteiger partial charge in [0.05, 0.1) is 11.5 Å². The number of hydrogen-bond acceptors (Lipinski definition) is 3. The van der Waals surface area contributed by atoms with Crippen LogP contribution in [0.15, 0.2) is 24.3 Å². The normalized spacial score (nSPS) is 10.6. The van der Waals surface area contributed by atoms with Crippen LogP contribution in [0, 0.1) is 10.1 Å². The zero-order chi connectivity index (χ0) is 11.3. The molecule has 0 bridgehead atoms. The molecule has 0 aliphatic heterocycles. The third-order valence-corrected chi connectivity index (χ3v) is 1.77. The fourth-order valence-electron chi connectivity index (χ4n) is 1.06. The average molecular weight is 216 g/mol. The van der Waals surface area contributed by atoms with Crippen molar-refractivity contribution >= 4 is 5.69 Å². The number of rotatable bonds is 5. The van der Waals surface area contributed by atoms with E-state index in [1.54, 1.807) is 0 Å². The molecule has 0 heterocycles. The van der Waals surface area contributed by atoms with Gasteiger partial charge in [0.15, 0.2) is 0 Å². The van der Waals surface area contributed by atoms with Gasteiger partial charge < -0.3 is 5.32 Å². The lowest BCUT2D eigenvalue weighted by Gasteiger charge is -2.03. The summed E-state index contributed by atoms with van der Waals surface area (Å²) in [7, 11) is 0. The highest BCUT2D eigenvalue weighted by Crippen LogP contribution is 2.11. The van der Waals surface area contributed by atoms with Gasteiger partial charge in [0.1, 0.15) is 0 Å². The minimum absolute atomic E-state index is 0.00684. The summed E-state index contributed by atoms with van der Waals surface area (Å²) in [6.07, 6.45) is -2.39. The number of non-ortho nitro benzene ring substituents is 1. The van der Waals surface area contributed by atoms with Gasteiger partial charge in [-0.3, -0.25) is 10.1 Å². The minimum atomic E-state index is -2.39. The number of benzene rings is 1. The van der Waals surface area contributed by atoms with Crippen LogP contribution in [-0.2, 0) is 6.54 Å². The zero-order valence-corrected chi connectivity index (χ0v) is 7.82. The molecule has 6 heteroatoms. The standard InChI is InChI=1S/C9H10F2N2O2/c10-9(11)6-12-5-7-1-3-8(4-2-7)13(14)15/h1-4,9,12H,5-6H2. The summed E-state index contributed by atoms with van der Waals surface area (Å²) in [4.78, 5) is 9.80. The molecule has 1 N–H and O–H groups in total. The number of nitro benzene ring substituents is 1. The maximum absolute atomic E-state index is 11.8. The van der Waals surface area contributed by atoms with Gasteiger partial charge in [-0.15, -0.1) is 0 Å². The summed E-state index contributed by atoms with van der Waals surface area (Å²) in [5.41, 5.74) is 0.730. The molecule has 0 radical (unpaired) electrons. The molecule has 0 fully saturated rings. The summed E-state index contributed by atoms with van der Waals surface area (Å²) in [5.74, 6) is 0. The van der Waals surface area contributed by atoms with Crippen molar-refractivity contribution in [1.29, 1.82) is 0 Å². The molecule has 15 heavy (non-hydrogen) atoms. The number of nitrogens with one attached hydrogen (secondary N) is 1. The van der Waals surface area contributed by atoms with Crippen LogP contribution in [0.25, 0.3) is 0 Å². The Kier molecular flexibility index (Phi) is 4.11. The summed E-state index contributed by atoms with van der Waals surface area (Å²) in [5, 5.41) is 12.8. The predicted octanol–water partition coefficient (Wildman–Crippen LogP) is 1.95. The fourth-order valence-corrected chi connectivity index (χ4v) is 1.06. The van der Waals surface area contributed by atoms with Crippen LogP contribution in [0.5, 0.6) is 0 Å². The van der Waals surface area contributed by atoms with E-state index in [4.69, 9.17) is 0 Å². The van der Waals surface area contributed by atoms with Gasteiger partial charge in [0.2, 0.25) is 0 Å². The van der Waals surface area contributed by atoms with E-state index in [9.17, 15) is 18.9 Å². The van der Waals surface area contributed by atoms with E-state index < -0.39 is 11.3 Å². The molecule has 0 saturated heterocycles. The third kappa shape index (κ3) is 3.99. The molecule has 0 spiro atoms. The summed E-state index contributed by atoms with van der Waals surface area (Å²) in [6, 6.07) is 5.77. The molecule has 0 aliphatic carbocycles. The number of alkyl halides is 2. The first-order valence-corrected chi connectivity index (χ1v) is 4.32. The molecule has 0 aliphatic rings. The second kappa shape index (κ2) is 5.35. The van der Waals surface area contributed by atoms with Gasteiger partial charge in [-0.05, 0) is 5.56 Å². The number of nitrogens with zero attached hydrogens (tertiary/aromatic N) is 1. The Bertz CT molecular complexity index is 327. The lowest BCUT2D eigenvalue weighted by atomic mass is 10.2. The highest BCUT2D eigenvalue weighted by molar-refractivity contribution is 5.32.